The van der Waals surface area contributed by atoms with Crippen LogP contribution in [0.15, 0.2) is 24.4 Å². The number of anilines is 1. The molecular formula is C29H34N2O5S. The molecule has 0 aliphatic heterocycles. The summed E-state index contributed by atoms with van der Waals surface area (Å²) < 4.78 is 5.40. The lowest BCUT2D eigenvalue weighted by Crippen LogP contribution is -2.44. The van der Waals surface area contributed by atoms with Crippen LogP contribution < -0.4 is 10.1 Å². The molecule has 1 amide bonds. The van der Waals surface area contributed by atoms with Crippen molar-refractivity contribution in [1.82, 2.24) is 4.98 Å². The van der Waals surface area contributed by atoms with E-state index in [-0.39, 0.29) is 35.4 Å². The molecule has 8 heteroatoms. The Labute approximate surface area is 221 Å². The van der Waals surface area contributed by atoms with Gasteiger partial charge >= 0.3 is 5.97 Å². The molecule has 0 radical (unpaired) electrons. The van der Waals surface area contributed by atoms with Gasteiger partial charge in [-0.25, -0.2) is 4.98 Å². The molecule has 2 saturated carbocycles. The highest BCUT2D eigenvalue weighted by molar-refractivity contribution is 7.15. The van der Waals surface area contributed by atoms with Crippen molar-refractivity contribution in [2.75, 3.05) is 5.32 Å². The number of ether oxygens (including phenoxy) is 1. The van der Waals surface area contributed by atoms with Gasteiger partial charge < -0.3 is 10.1 Å². The lowest BCUT2D eigenvalue weighted by Gasteiger charge is -2.50. The van der Waals surface area contributed by atoms with Crippen molar-refractivity contribution in [2.24, 2.45) is 23.2 Å². The van der Waals surface area contributed by atoms with Crippen LogP contribution in [-0.4, -0.2) is 28.4 Å². The first-order valence-corrected chi connectivity index (χ1v) is 14.0. The fourth-order valence-corrected chi connectivity index (χ4v) is 7.91. The molecule has 0 bridgehead atoms. The van der Waals surface area contributed by atoms with Gasteiger partial charge in [-0.15, -0.1) is 11.3 Å². The molecule has 1 aromatic carbocycles. The number of rotatable bonds is 7. The van der Waals surface area contributed by atoms with Crippen molar-refractivity contribution < 1.29 is 23.9 Å². The summed E-state index contributed by atoms with van der Waals surface area (Å²) in [5.41, 5.74) is 2.17. The number of thiazole rings is 1. The molecule has 2 aromatic rings. The van der Waals surface area contributed by atoms with E-state index >= 15 is 0 Å². The van der Waals surface area contributed by atoms with E-state index < -0.39 is 5.97 Å². The van der Waals surface area contributed by atoms with E-state index in [0.29, 0.717) is 47.8 Å². The summed E-state index contributed by atoms with van der Waals surface area (Å²) in [5.74, 6) is 1.31. The highest BCUT2D eigenvalue weighted by atomic mass is 32.1. The minimum Gasteiger partial charge on any atom is -0.426 e. The Kier molecular flexibility index (Phi) is 7.05. The van der Waals surface area contributed by atoms with E-state index in [1.54, 1.807) is 6.20 Å². The highest BCUT2D eigenvalue weighted by Crippen LogP contribution is 2.62. The first-order valence-electron chi connectivity index (χ1n) is 13.2. The van der Waals surface area contributed by atoms with Crippen LogP contribution in [0.2, 0.25) is 0 Å². The van der Waals surface area contributed by atoms with Gasteiger partial charge in [0.05, 0.1) is 0 Å². The first-order chi connectivity index (χ1) is 17.6. The van der Waals surface area contributed by atoms with E-state index in [9.17, 15) is 19.2 Å². The number of esters is 1. The van der Waals surface area contributed by atoms with Crippen LogP contribution in [0.3, 0.4) is 0 Å². The number of aromatic nitrogens is 1. The molecular weight excluding hydrogens is 488 g/mol. The van der Waals surface area contributed by atoms with Gasteiger partial charge in [0.1, 0.15) is 23.7 Å². The van der Waals surface area contributed by atoms with Crippen molar-refractivity contribution >= 4 is 39.9 Å². The maximum Gasteiger partial charge on any atom is 0.318 e. The Morgan fingerprint density at radius 1 is 1.24 bits per heavy atom. The summed E-state index contributed by atoms with van der Waals surface area (Å²) >= 11 is 1.47. The number of hydrogen-bond donors (Lipinski definition) is 1. The van der Waals surface area contributed by atoms with Crippen molar-refractivity contribution in [3.63, 3.8) is 0 Å². The third-order valence-electron chi connectivity index (χ3n) is 8.78. The van der Waals surface area contributed by atoms with Crippen LogP contribution in [-0.2, 0) is 25.6 Å². The number of fused-ring (bicyclic) bond motifs is 5. The fourth-order valence-electron chi connectivity index (χ4n) is 7.23. The molecule has 0 spiro atoms. The van der Waals surface area contributed by atoms with Gasteiger partial charge in [0.2, 0.25) is 5.91 Å². The van der Waals surface area contributed by atoms with Gasteiger partial charge in [-0.1, -0.05) is 13.0 Å². The molecule has 1 heterocycles. The molecule has 0 saturated heterocycles. The van der Waals surface area contributed by atoms with E-state index in [1.165, 1.54) is 29.4 Å². The summed E-state index contributed by atoms with van der Waals surface area (Å²) in [7, 11) is 0. The number of nitrogens with one attached hydrogen (secondary N) is 1. The molecule has 3 aliphatic carbocycles. The van der Waals surface area contributed by atoms with Crippen molar-refractivity contribution in [3.8, 4) is 5.75 Å². The molecule has 1 N–H and O–H groups in total. The number of carbonyl (C=O) groups is 4. The van der Waals surface area contributed by atoms with Crippen molar-refractivity contribution in [1.29, 1.82) is 0 Å². The SMILES string of the molecule is CC(=O)CC(=O)Oc1ccc2c(c1)CCC1C2CC[C@]2(C)C(=O)C[C@@H](CCC(=O)Nc3ncc(C)s3)C12. The van der Waals surface area contributed by atoms with Crippen molar-refractivity contribution in [2.45, 2.75) is 78.1 Å². The van der Waals surface area contributed by atoms with Crippen LogP contribution in [0.1, 0.15) is 80.7 Å². The molecule has 2 fully saturated rings. The lowest BCUT2D eigenvalue weighted by atomic mass is 9.54. The second-order valence-electron chi connectivity index (χ2n) is 11.3. The normalized spacial score (nSPS) is 28.1. The maximum atomic E-state index is 13.2. The number of hydrogen-bond acceptors (Lipinski definition) is 7. The van der Waals surface area contributed by atoms with Crippen LogP contribution >= 0.6 is 11.3 Å². The van der Waals surface area contributed by atoms with Crippen LogP contribution in [0.5, 0.6) is 5.75 Å². The van der Waals surface area contributed by atoms with Gasteiger partial charge in [-0.3, -0.25) is 19.2 Å². The number of aryl methyl sites for hydroxylation is 2. The Bertz CT molecular complexity index is 1250. The van der Waals surface area contributed by atoms with Crippen LogP contribution in [0, 0.1) is 30.1 Å². The molecule has 37 heavy (non-hydrogen) atoms. The van der Waals surface area contributed by atoms with Crippen LogP contribution in [0.4, 0.5) is 5.13 Å². The highest BCUT2D eigenvalue weighted by Gasteiger charge is 2.58. The average Bonchev–Trinajstić information content (AvgIpc) is 3.36. The Morgan fingerprint density at radius 2 is 2.05 bits per heavy atom. The number of benzene rings is 1. The Hall–Kier alpha value is -2.87. The van der Waals surface area contributed by atoms with E-state index in [0.717, 1.165) is 30.6 Å². The Balaban J connectivity index is 1.30. The van der Waals surface area contributed by atoms with Gasteiger partial charge in [0.15, 0.2) is 5.13 Å². The predicted molar refractivity (Wildman–Crippen MR) is 141 cm³/mol. The zero-order valence-electron chi connectivity index (χ0n) is 21.7. The van der Waals surface area contributed by atoms with Gasteiger partial charge in [0.25, 0.3) is 0 Å². The zero-order valence-corrected chi connectivity index (χ0v) is 22.5. The first kappa shape index (κ1) is 25.8. The van der Waals surface area contributed by atoms with Gasteiger partial charge in [-0.05, 0) is 92.9 Å². The molecule has 1 aromatic heterocycles. The summed E-state index contributed by atoms with van der Waals surface area (Å²) in [6, 6.07) is 5.84. The smallest absolute Gasteiger partial charge is 0.318 e. The molecule has 5 rings (SSSR count). The monoisotopic (exact) mass is 522 g/mol. The summed E-state index contributed by atoms with van der Waals surface area (Å²) in [6.07, 6.45) is 6.89. The standard InChI is InChI=1S/C29H34N2O5S/c1-16(32)12-26(35)36-20-6-8-21-18(13-20)4-7-23-22(21)10-11-29(3)24(33)14-19(27(23)29)5-9-25(34)31-28-30-15-17(2)37-28/h6,8,13,15,19,22-23,27H,4-5,7,9-12,14H2,1-3H3,(H,30,31,34)/t19-,22?,23?,27?,29-/m1/s1. The predicted octanol–water partition coefficient (Wildman–Crippen LogP) is 5.41. The number of Topliss-reactive ketones (excluding diaryl/α,β-unsaturated/α-hetero) is 2. The number of carbonyl (C=O) groups excluding carboxylic acids is 4. The Morgan fingerprint density at radius 3 is 2.78 bits per heavy atom. The third-order valence-corrected chi connectivity index (χ3v) is 9.60. The van der Waals surface area contributed by atoms with Gasteiger partial charge in [-0.2, -0.15) is 0 Å². The summed E-state index contributed by atoms with van der Waals surface area (Å²) in [6.45, 7) is 5.49. The fraction of sp³-hybridized carbons (Fsp3) is 0.552. The second kappa shape index (κ2) is 10.1. The maximum absolute atomic E-state index is 13.2. The zero-order chi connectivity index (χ0) is 26.3. The number of amides is 1. The summed E-state index contributed by atoms with van der Waals surface area (Å²) in [4.78, 5) is 54.3. The van der Waals surface area contributed by atoms with E-state index in [1.807, 2.05) is 19.1 Å². The molecule has 3 unspecified atom stereocenters. The van der Waals surface area contributed by atoms with Crippen LogP contribution in [0.25, 0.3) is 0 Å². The summed E-state index contributed by atoms with van der Waals surface area (Å²) in [5, 5.41) is 3.53. The topological polar surface area (TPSA) is 102 Å². The van der Waals surface area contributed by atoms with Gasteiger partial charge in [0, 0.05) is 29.3 Å². The van der Waals surface area contributed by atoms with Crippen molar-refractivity contribution in [3.05, 3.63) is 40.4 Å². The number of ketones is 2. The average molecular weight is 523 g/mol. The lowest BCUT2D eigenvalue weighted by molar-refractivity contribution is -0.137. The second-order valence-corrected chi connectivity index (χ2v) is 12.5. The molecule has 7 nitrogen and oxygen atoms in total. The minimum atomic E-state index is -0.532. The third kappa shape index (κ3) is 5.13. The van der Waals surface area contributed by atoms with E-state index in [4.69, 9.17) is 4.74 Å². The quantitative estimate of drug-likeness (QED) is 0.296. The molecule has 3 aliphatic rings. The minimum absolute atomic E-state index is 0.0383. The van der Waals surface area contributed by atoms with E-state index in [2.05, 4.69) is 23.3 Å². The largest absolute Gasteiger partial charge is 0.426 e. The number of nitrogens with zero attached hydrogens (tertiary/aromatic N) is 1. The molecule has 5 atom stereocenters. The molecule has 196 valence electrons.